The first-order valence-corrected chi connectivity index (χ1v) is 5.01. The van der Waals surface area contributed by atoms with E-state index in [2.05, 4.69) is 4.98 Å². The molecule has 90 valence electrons. The monoisotopic (exact) mass is 233 g/mol. The van der Waals surface area contributed by atoms with Crippen LogP contribution in [0.3, 0.4) is 0 Å². The molecule has 1 aromatic heterocycles. The van der Waals surface area contributed by atoms with Gasteiger partial charge in [0.15, 0.2) is 0 Å². The Hall–Kier alpha value is -1.10. The maximum Gasteiger partial charge on any atom is 0.418 e. The van der Waals surface area contributed by atoms with Gasteiger partial charge < -0.3 is 5.11 Å². The Kier molecular flexibility index (Phi) is 3.91. The number of aliphatic hydroxyl groups is 1. The summed E-state index contributed by atoms with van der Waals surface area (Å²) in [6.45, 7) is 3.50. The average Bonchev–Trinajstić information content (AvgIpc) is 2.16. The van der Waals surface area contributed by atoms with Crippen molar-refractivity contribution in [2.45, 2.75) is 32.5 Å². The maximum atomic E-state index is 12.6. The van der Waals surface area contributed by atoms with Crippen molar-refractivity contribution in [2.24, 2.45) is 5.92 Å². The maximum absolute atomic E-state index is 12.6. The van der Waals surface area contributed by atoms with Crippen LogP contribution in [-0.2, 0) is 12.6 Å². The van der Waals surface area contributed by atoms with Crippen molar-refractivity contribution in [3.8, 4) is 0 Å². The predicted molar refractivity (Wildman–Crippen MR) is 53.8 cm³/mol. The lowest BCUT2D eigenvalue weighted by Gasteiger charge is -2.17. The molecule has 1 aromatic rings. The van der Waals surface area contributed by atoms with E-state index in [1.807, 2.05) is 0 Å². The number of pyridine rings is 1. The summed E-state index contributed by atoms with van der Waals surface area (Å²) in [6, 6.07) is 2.23. The zero-order chi connectivity index (χ0) is 12.3. The number of alkyl halides is 3. The Morgan fingerprint density at radius 3 is 2.50 bits per heavy atom. The van der Waals surface area contributed by atoms with Gasteiger partial charge in [-0.1, -0.05) is 13.8 Å². The van der Waals surface area contributed by atoms with E-state index in [0.29, 0.717) is 0 Å². The molecule has 0 radical (unpaired) electrons. The van der Waals surface area contributed by atoms with Gasteiger partial charge in [0.25, 0.3) is 0 Å². The van der Waals surface area contributed by atoms with Crippen molar-refractivity contribution < 1.29 is 18.3 Å². The van der Waals surface area contributed by atoms with Gasteiger partial charge in [-0.05, 0) is 18.1 Å². The summed E-state index contributed by atoms with van der Waals surface area (Å²) in [4.78, 5) is 3.69. The smallest absolute Gasteiger partial charge is 0.392 e. The number of halogens is 3. The van der Waals surface area contributed by atoms with Crippen LogP contribution in [-0.4, -0.2) is 16.2 Å². The third kappa shape index (κ3) is 3.20. The van der Waals surface area contributed by atoms with Gasteiger partial charge in [-0.25, -0.2) is 0 Å². The van der Waals surface area contributed by atoms with Gasteiger partial charge in [0.2, 0.25) is 0 Å². The Morgan fingerprint density at radius 1 is 1.38 bits per heavy atom. The zero-order valence-electron chi connectivity index (χ0n) is 9.12. The second-order valence-electron chi connectivity index (χ2n) is 4.01. The molecular formula is C11H14F3NO. The minimum Gasteiger partial charge on any atom is -0.392 e. The van der Waals surface area contributed by atoms with Crippen molar-refractivity contribution in [1.82, 2.24) is 4.98 Å². The highest BCUT2D eigenvalue weighted by molar-refractivity contribution is 5.23. The molecule has 1 N–H and O–H groups in total. The van der Waals surface area contributed by atoms with Crippen molar-refractivity contribution in [2.75, 3.05) is 0 Å². The molecule has 1 heterocycles. The summed E-state index contributed by atoms with van der Waals surface area (Å²) >= 11 is 0. The summed E-state index contributed by atoms with van der Waals surface area (Å²) in [5.74, 6) is -0.0944. The highest BCUT2D eigenvalue weighted by Gasteiger charge is 2.34. The van der Waals surface area contributed by atoms with E-state index in [-0.39, 0.29) is 18.0 Å². The van der Waals surface area contributed by atoms with E-state index in [4.69, 9.17) is 0 Å². The SMILES string of the molecule is CC(C)C(O)Cc1ncccc1C(F)(F)F. The second kappa shape index (κ2) is 4.82. The Balaban J connectivity index is 2.96. The van der Waals surface area contributed by atoms with Crippen LogP contribution in [0.4, 0.5) is 13.2 Å². The van der Waals surface area contributed by atoms with E-state index in [9.17, 15) is 18.3 Å². The van der Waals surface area contributed by atoms with Gasteiger partial charge in [0.05, 0.1) is 17.4 Å². The summed E-state index contributed by atoms with van der Waals surface area (Å²) < 4.78 is 37.7. The van der Waals surface area contributed by atoms with Crippen LogP contribution in [0.15, 0.2) is 18.3 Å². The van der Waals surface area contributed by atoms with Gasteiger partial charge in [-0.2, -0.15) is 13.2 Å². The number of aliphatic hydroxyl groups excluding tert-OH is 1. The summed E-state index contributed by atoms with van der Waals surface area (Å²) in [7, 11) is 0. The van der Waals surface area contributed by atoms with Crippen LogP contribution in [0.25, 0.3) is 0 Å². The molecule has 1 atom stereocenters. The summed E-state index contributed by atoms with van der Waals surface area (Å²) in [5.41, 5.74) is -0.870. The number of rotatable bonds is 3. The molecule has 1 rings (SSSR count). The van der Waals surface area contributed by atoms with E-state index >= 15 is 0 Å². The lowest BCUT2D eigenvalue weighted by atomic mass is 10.00. The minimum atomic E-state index is -4.42. The van der Waals surface area contributed by atoms with Crippen LogP contribution in [0.2, 0.25) is 0 Å². The quantitative estimate of drug-likeness (QED) is 0.870. The number of hydrogen-bond donors (Lipinski definition) is 1. The predicted octanol–water partition coefficient (Wildman–Crippen LogP) is 2.66. The fraction of sp³-hybridized carbons (Fsp3) is 0.545. The molecule has 0 bridgehead atoms. The molecule has 16 heavy (non-hydrogen) atoms. The van der Waals surface area contributed by atoms with Crippen LogP contribution >= 0.6 is 0 Å². The third-order valence-electron chi connectivity index (χ3n) is 2.37. The number of nitrogens with zero attached hydrogens (tertiary/aromatic N) is 1. The molecule has 0 fully saturated rings. The van der Waals surface area contributed by atoms with E-state index in [1.165, 1.54) is 12.3 Å². The normalized spacial score (nSPS) is 14.2. The molecule has 0 aliphatic carbocycles. The summed E-state index contributed by atoms with van der Waals surface area (Å²) in [6.07, 6.45) is -4.00. The van der Waals surface area contributed by atoms with Gasteiger partial charge in [-0.15, -0.1) is 0 Å². The molecule has 0 spiro atoms. The molecule has 0 saturated heterocycles. The van der Waals surface area contributed by atoms with Crippen LogP contribution in [0.5, 0.6) is 0 Å². The van der Waals surface area contributed by atoms with Crippen molar-refractivity contribution >= 4 is 0 Å². The first-order chi connectivity index (χ1) is 7.32. The lowest BCUT2D eigenvalue weighted by Crippen LogP contribution is -2.21. The molecular weight excluding hydrogens is 219 g/mol. The molecule has 5 heteroatoms. The second-order valence-corrected chi connectivity index (χ2v) is 4.01. The molecule has 0 aliphatic heterocycles. The zero-order valence-corrected chi connectivity index (χ0v) is 9.12. The number of aromatic nitrogens is 1. The molecule has 0 aliphatic rings. The third-order valence-corrected chi connectivity index (χ3v) is 2.37. The standard InChI is InChI=1S/C11H14F3NO/c1-7(2)10(16)6-9-8(11(12,13)14)4-3-5-15-9/h3-5,7,10,16H,6H2,1-2H3. The van der Waals surface area contributed by atoms with Gasteiger partial charge >= 0.3 is 6.18 Å². The van der Waals surface area contributed by atoms with Crippen LogP contribution in [0.1, 0.15) is 25.1 Å². The van der Waals surface area contributed by atoms with Crippen molar-refractivity contribution in [1.29, 1.82) is 0 Å². The fourth-order valence-electron chi connectivity index (χ4n) is 1.29. The van der Waals surface area contributed by atoms with Gasteiger partial charge in [0, 0.05) is 12.6 Å². The highest BCUT2D eigenvalue weighted by atomic mass is 19.4. The Morgan fingerprint density at radius 2 is 2.00 bits per heavy atom. The summed E-state index contributed by atoms with van der Waals surface area (Å²) in [5, 5.41) is 9.56. The van der Waals surface area contributed by atoms with Gasteiger partial charge in [-0.3, -0.25) is 4.98 Å². The Bertz CT molecular complexity index is 349. The highest BCUT2D eigenvalue weighted by Crippen LogP contribution is 2.31. The molecule has 1 unspecified atom stereocenters. The number of hydrogen-bond acceptors (Lipinski definition) is 2. The molecule has 0 amide bonds. The largest absolute Gasteiger partial charge is 0.418 e. The fourth-order valence-corrected chi connectivity index (χ4v) is 1.29. The molecule has 0 saturated carbocycles. The van der Waals surface area contributed by atoms with E-state index < -0.39 is 17.8 Å². The van der Waals surface area contributed by atoms with Crippen LogP contribution < -0.4 is 0 Å². The van der Waals surface area contributed by atoms with Crippen molar-refractivity contribution in [3.05, 3.63) is 29.6 Å². The first-order valence-electron chi connectivity index (χ1n) is 5.01. The topological polar surface area (TPSA) is 33.1 Å². The minimum absolute atomic E-state index is 0.0760. The van der Waals surface area contributed by atoms with E-state index in [1.54, 1.807) is 13.8 Å². The van der Waals surface area contributed by atoms with Crippen molar-refractivity contribution in [3.63, 3.8) is 0 Å². The van der Waals surface area contributed by atoms with Gasteiger partial charge in [0.1, 0.15) is 0 Å². The van der Waals surface area contributed by atoms with Crippen LogP contribution in [0, 0.1) is 5.92 Å². The average molecular weight is 233 g/mol. The molecule has 2 nitrogen and oxygen atoms in total. The molecule has 0 aromatic carbocycles. The lowest BCUT2D eigenvalue weighted by molar-refractivity contribution is -0.138. The Labute approximate surface area is 92.1 Å². The van der Waals surface area contributed by atoms with E-state index in [0.717, 1.165) is 6.07 Å². The first kappa shape index (κ1) is 13.0.